The SMILES string of the molecule is C=CCN(c1ccccc1)c1oc2ccccc2c(=O)c1/C=C/C(=O)OCC. The number of anilines is 2. The number of fused-ring (bicyclic) bond motifs is 1. The maximum Gasteiger partial charge on any atom is 0.330 e. The Morgan fingerprint density at radius 3 is 2.57 bits per heavy atom. The van der Waals surface area contributed by atoms with Gasteiger partial charge in [0.05, 0.1) is 17.6 Å². The van der Waals surface area contributed by atoms with E-state index in [1.807, 2.05) is 41.3 Å². The van der Waals surface area contributed by atoms with Gasteiger partial charge in [-0.05, 0) is 37.3 Å². The van der Waals surface area contributed by atoms with Crippen molar-refractivity contribution in [2.75, 3.05) is 18.1 Å². The first-order chi connectivity index (χ1) is 13.7. The zero-order valence-electron chi connectivity index (χ0n) is 15.6. The second kappa shape index (κ2) is 8.86. The molecule has 0 radical (unpaired) electrons. The third-order valence-electron chi connectivity index (χ3n) is 4.11. The Bertz CT molecular complexity index is 1070. The number of carbonyl (C=O) groups excluding carboxylic acids is 1. The van der Waals surface area contributed by atoms with Crippen LogP contribution in [0.5, 0.6) is 0 Å². The van der Waals surface area contributed by atoms with E-state index in [1.54, 1.807) is 31.2 Å². The van der Waals surface area contributed by atoms with Gasteiger partial charge in [0.25, 0.3) is 0 Å². The molecule has 0 aliphatic heterocycles. The van der Waals surface area contributed by atoms with E-state index in [0.29, 0.717) is 23.4 Å². The highest BCUT2D eigenvalue weighted by atomic mass is 16.5. The second-order valence-corrected chi connectivity index (χ2v) is 5.97. The van der Waals surface area contributed by atoms with Crippen LogP contribution in [0.25, 0.3) is 17.0 Å². The molecular formula is C23H21NO4. The van der Waals surface area contributed by atoms with E-state index in [1.165, 1.54) is 12.2 Å². The molecule has 0 aliphatic rings. The van der Waals surface area contributed by atoms with Crippen LogP contribution < -0.4 is 10.3 Å². The molecule has 3 rings (SSSR count). The van der Waals surface area contributed by atoms with E-state index < -0.39 is 5.97 Å². The molecule has 1 heterocycles. The normalized spacial score (nSPS) is 10.9. The predicted octanol–water partition coefficient (Wildman–Crippen LogP) is 4.69. The molecule has 1 aromatic heterocycles. The van der Waals surface area contributed by atoms with E-state index in [4.69, 9.17) is 9.15 Å². The molecule has 0 atom stereocenters. The van der Waals surface area contributed by atoms with Gasteiger partial charge in [0.15, 0.2) is 0 Å². The summed E-state index contributed by atoms with van der Waals surface area (Å²) in [7, 11) is 0. The van der Waals surface area contributed by atoms with Crippen molar-refractivity contribution in [2.24, 2.45) is 0 Å². The van der Waals surface area contributed by atoms with Crippen LogP contribution in [0.4, 0.5) is 11.6 Å². The van der Waals surface area contributed by atoms with Crippen molar-refractivity contribution in [3.05, 3.63) is 89.1 Å². The smallest absolute Gasteiger partial charge is 0.330 e. The summed E-state index contributed by atoms with van der Waals surface area (Å²) in [6.07, 6.45) is 4.41. The predicted molar refractivity (Wildman–Crippen MR) is 112 cm³/mol. The minimum Gasteiger partial charge on any atom is -0.463 e. The summed E-state index contributed by atoms with van der Waals surface area (Å²) in [6.45, 7) is 6.22. The number of carbonyl (C=O) groups is 1. The second-order valence-electron chi connectivity index (χ2n) is 5.97. The lowest BCUT2D eigenvalue weighted by Crippen LogP contribution is -2.21. The van der Waals surface area contributed by atoms with Crippen LogP contribution in [0, 0.1) is 0 Å². The van der Waals surface area contributed by atoms with E-state index in [-0.39, 0.29) is 17.6 Å². The lowest BCUT2D eigenvalue weighted by Gasteiger charge is -2.23. The summed E-state index contributed by atoms with van der Waals surface area (Å²) in [6, 6.07) is 16.6. The average Bonchev–Trinajstić information content (AvgIpc) is 2.72. The first-order valence-corrected chi connectivity index (χ1v) is 9.00. The quantitative estimate of drug-likeness (QED) is 0.340. The first-order valence-electron chi connectivity index (χ1n) is 9.00. The van der Waals surface area contributed by atoms with Gasteiger partial charge < -0.3 is 14.1 Å². The standard InChI is InChI=1S/C23H21NO4/c1-3-16-24(17-10-6-5-7-11-17)23-19(14-15-21(25)27-4-2)22(26)18-12-8-9-13-20(18)28-23/h3,5-15H,1,4,16H2,2H3/b15-14+. The Labute approximate surface area is 163 Å². The van der Waals surface area contributed by atoms with Gasteiger partial charge in [0, 0.05) is 18.3 Å². The molecule has 28 heavy (non-hydrogen) atoms. The number of hydrogen-bond acceptors (Lipinski definition) is 5. The summed E-state index contributed by atoms with van der Waals surface area (Å²) in [4.78, 5) is 26.8. The van der Waals surface area contributed by atoms with Crippen LogP contribution in [0.15, 0.2) is 82.5 Å². The van der Waals surface area contributed by atoms with Gasteiger partial charge in [-0.25, -0.2) is 4.79 Å². The molecule has 0 amide bonds. The number of nitrogens with zero attached hydrogens (tertiary/aromatic N) is 1. The molecule has 0 aliphatic carbocycles. The molecule has 0 unspecified atom stereocenters. The van der Waals surface area contributed by atoms with Crippen LogP contribution in [-0.2, 0) is 9.53 Å². The monoisotopic (exact) mass is 375 g/mol. The summed E-state index contributed by atoms with van der Waals surface area (Å²) < 4.78 is 11.0. The molecule has 5 heteroatoms. The molecule has 5 nitrogen and oxygen atoms in total. The molecule has 142 valence electrons. The maximum absolute atomic E-state index is 13.1. The van der Waals surface area contributed by atoms with Crippen molar-refractivity contribution in [2.45, 2.75) is 6.92 Å². The molecule has 0 fully saturated rings. The van der Waals surface area contributed by atoms with Crippen LogP contribution >= 0.6 is 0 Å². The number of hydrogen-bond donors (Lipinski definition) is 0. The van der Waals surface area contributed by atoms with Gasteiger partial charge in [0.2, 0.25) is 11.3 Å². The zero-order chi connectivity index (χ0) is 19.9. The van der Waals surface area contributed by atoms with E-state index >= 15 is 0 Å². The first kappa shape index (κ1) is 19.2. The van der Waals surface area contributed by atoms with Gasteiger partial charge in [-0.2, -0.15) is 0 Å². The summed E-state index contributed by atoms with van der Waals surface area (Å²) >= 11 is 0. The molecule has 0 bridgehead atoms. The van der Waals surface area contributed by atoms with Crippen LogP contribution in [-0.4, -0.2) is 19.1 Å². The third-order valence-corrected chi connectivity index (χ3v) is 4.11. The molecule has 0 saturated heterocycles. The highest BCUT2D eigenvalue weighted by molar-refractivity contribution is 5.90. The fourth-order valence-electron chi connectivity index (χ4n) is 2.88. The van der Waals surface area contributed by atoms with Crippen LogP contribution in [0.3, 0.4) is 0 Å². The minimum atomic E-state index is -0.518. The topological polar surface area (TPSA) is 59.8 Å². The average molecular weight is 375 g/mol. The maximum atomic E-state index is 13.1. The van der Waals surface area contributed by atoms with E-state index in [9.17, 15) is 9.59 Å². The summed E-state index contributed by atoms with van der Waals surface area (Å²) in [5.74, 6) is -0.175. The highest BCUT2D eigenvalue weighted by Gasteiger charge is 2.19. The Kier molecular flexibility index (Phi) is 6.07. The van der Waals surface area contributed by atoms with Crippen LogP contribution in [0.1, 0.15) is 12.5 Å². The Balaban J connectivity index is 2.23. The fourth-order valence-corrected chi connectivity index (χ4v) is 2.88. The third kappa shape index (κ3) is 4.04. The van der Waals surface area contributed by atoms with Crippen molar-refractivity contribution < 1.29 is 13.9 Å². The highest BCUT2D eigenvalue weighted by Crippen LogP contribution is 2.30. The molecule has 0 N–H and O–H groups in total. The lowest BCUT2D eigenvalue weighted by molar-refractivity contribution is -0.137. The van der Waals surface area contributed by atoms with Crippen LogP contribution in [0.2, 0.25) is 0 Å². The number of esters is 1. The summed E-state index contributed by atoms with van der Waals surface area (Å²) in [5, 5.41) is 0.446. The number of ether oxygens (including phenoxy) is 1. The Hall–Kier alpha value is -3.60. The van der Waals surface area contributed by atoms with Gasteiger partial charge in [-0.3, -0.25) is 4.79 Å². The molecule has 0 spiro atoms. The van der Waals surface area contributed by atoms with Gasteiger partial charge in [-0.15, -0.1) is 6.58 Å². The van der Waals surface area contributed by atoms with Crippen molar-refractivity contribution in [3.8, 4) is 0 Å². The zero-order valence-corrected chi connectivity index (χ0v) is 15.6. The van der Waals surface area contributed by atoms with Gasteiger partial charge in [0.1, 0.15) is 5.58 Å². The lowest BCUT2D eigenvalue weighted by atomic mass is 10.1. The fraction of sp³-hybridized carbons (Fsp3) is 0.130. The van der Waals surface area contributed by atoms with Crippen molar-refractivity contribution in [1.82, 2.24) is 0 Å². The van der Waals surface area contributed by atoms with E-state index in [2.05, 4.69) is 6.58 Å². The van der Waals surface area contributed by atoms with Crippen molar-refractivity contribution >= 4 is 34.6 Å². The van der Waals surface area contributed by atoms with Gasteiger partial charge in [-0.1, -0.05) is 36.4 Å². The largest absolute Gasteiger partial charge is 0.463 e. The minimum absolute atomic E-state index is 0.220. The summed E-state index contributed by atoms with van der Waals surface area (Å²) in [5.41, 5.74) is 1.37. The van der Waals surface area contributed by atoms with Gasteiger partial charge >= 0.3 is 5.97 Å². The van der Waals surface area contributed by atoms with Crippen molar-refractivity contribution in [3.63, 3.8) is 0 Å². The van der Waals surface area contributed by atoms with E-state index in [0.717, 1.165) is 5.69 Å². The van der Waals surface area contributed by atoms with Crippen molar-refractivity contribution in [1.29, 1.82) is 0 Å². The number of rotatable bonds is 7. The molecule has 3 aromatic rings. The number of benzene rings is 2. The molecule has 0 saturated carbocycles. The number of para-hydroxylation sites is 2. The Morgan fingerprint density at radius 1 is 1.14 bits per heavy atom. The molecule has 2 aromatic carbocycles. The Morgan fingerprint density at radius 2 is 1.86 bits per heavy atom. The molecular weight excluding hydrogens is 354 g/mol.